The van der Waals surface area contributed by atoms with Crippen LogP contribution in [0.1, 0.15) is 26.1 Å². The summed E-state index contributed by atoms with van der Waals surface area (Å²) in [6.45, 7) is 4.43. The van der Waals surface area contributed by atoms with E-state index >= 15 is 0 Å². The van der Waals surface area contributed by atoms with Crippen LogP contribution in [0.4, 0.5) is 18.0 Å². The van der Waals surface area contributed by atoms with Gasteiger partial charge in [0.25, 0.3) is 0 Å². The van der Waals surface area contributed by atoms with E-state index in [1.807, 2.05) is 13.8 Å². The van der Waals surface area contributed by atoms with Crippen molar-refractivity contribution in [3.05, 3.63) is 5.82 Å². The third kappa shape index (κ3) is 6.47. The van der Waals surface area contributed by atoms with E-state index in [-0.39, 0.29) is 10.9 Å². The minimum atomic E-state index is -4.61. The fraction of sp³-hybridized carbons (Fsp3) is 0.667. The average Bonchev–Trinajstić information content (AvgIpc) is 2.77. The van der Waals surface area contributed by atoms with E-state index in [1.54, 1.807) is 0 Å². The third-order valence-electron chi connectivity index (χ3n) is 2.68. The molecule has 0 aromatic carbocycles. The lowest BCUT2D eigenvalue weighted by Gasteiger charge is -2.08. The Bertz CT molecular complexity index is 559. The molecule has 1 rings (SSSR count). The van der Waals surface area contributed by atoms with Gasteiger partial charge in [-0.05, 0) is 12.3 Å². The molecule has 0 radical (unpaired) electrons. The predicted molar refractivity (Wildman–Crippen MR) is 77.7 cm³/mol. The molecule has 0 atom stereocenters. The van der Waals surface area contributed by atoms with E-state index in [2.05, 4.69) is 20.8 Å². The van der Waals surface area contributed by atoms with Crippen molar-refractivity contribution in [2.75, 3.05) is 12.3 Å². The number of nitrogens with zero attached hydrogens (tertiary/aromatic N) is 3. The summed E-state index contributed by atoms with van der Waals surface area (Å²) in [4.78, 5) is 23.0. The maximum absolute atomic E-state index is 12.5. The first-order chi connectivity index (χ1) is 10.6. The third-order valence-corrected chi connectivity index (χ3v) is 3.70. The summed E-state index contributed by atoms with van der Waals surface area (Å²) in [5.74, 6) is -1.61. The van der Waals surface area contributed by atoms with E-state index in [4.69, 9.17) is 0 Å². The quantitative estimate of drug-likeness (QED) is 0.761. The van der Waals surface area contributed by atoms with Crippen molar-refractivity contribution in [3.8, 4) is 0 Å². The Morgan fingerprint density at radius 1 is 1.30 bits per heavy atom. The number of alkyl halides is 3. The van der Waals surface area contributed by atoms with Crippen LogP contribution in [0.25, 0.3) is 0 Å². The lowest BCUT2D eigenvalue weighted by atomic mass is 10.1. The van der Waals surface area contributed by atoms with Gasteiger partial charge in [-0.25, -0.2) is 4.79 Å². The largest absolute Gasteiger partial charge is 0.451 e. The lowest BCUT2D eigenvalue weighted by molar-refractivity contribution is -0.147. The zero-order valence-corrected chi connectivity index (χ0v) is 13.7. The Morgan fingerprint density at radius 3 is 2.48 bits per heavy atom. The average molecular weight is 353 g/mol. The monoisotopic (exact) mass is 353 g/mol. The molecule has 0 aliphatic carbocycles. The van der Waals surface area contributed by atoms with Gasteiger partial charge in [0.15, 0.2) is 5.16 Å². The Labute approximate surface area is 135 Å². The second kappa shape index (κ2) is 8.18. The van der Waals surface area contributed by atoms with Gasteiger partial charge < -0.3 is 9.88 Å². The van der Waals surface area contributed by atoms with Gasteiger partial charge in [-0.1, -0.05) is 25.6 Å². The molecule has 0 saturated heterocycles. The number of hydrogen-bond donors (Lipinski definition) is 2. The zero-order chi connectivity index (χ0) is 17.6. The number of urea groups is 1. The first-order valence-electron chi connectivity index (χ1n) is 6.78. The summed E-state index contributed by atoms with van der Waals surface area (Å²) in [5, 5.41) is 11.0. The highest BCUT2D eigenvalue weighted by Gasteiger charge is 2.37. The summed E-state index contributed by atoms with van der Waals surface area (Å²) >= 11 is 0.760. The molecule has 0 unspecified atom stereocenters. The van der Waals surface area contributed by atoms with Gasteiger partial charge in [0, 0.05) is 13.6 Å². The number of thioether (sulfide) groups is 1. The smallest absolute Gasteiger partial charge is 0.338 e. The van der Waals surface area contributed by atoms with Crippen molar-refractivity contribution in [1.29, 1.82) is 0 Å². The number of nitrogens with one attached hydrogen (secondary N) is 2. The standard InChI is InChI=1S/C12H18F3N5O2S/c1-7(2)4-5-16-10(22)17-8(21)6-23-11-19-18-9(20(11)3)12(13,14)15/h7H,4-6H2,1-3H3,(H2,16,17,21,22). The molecule has 0 fully saturated rings. The molecule has 23 heavy (non-hydrogen) atoms. The van der Waals surface area contributed by atoms with E-state index in [9.17, 15) is 22.8 Å². The van der Waals surface area contributed by atoms with Gasteiger partial charge in [0.2, 0.25) is 11.7 Å². The zero-order valence-electron chi connectivity index (χ0n) is 12.9. The van der Waals surface area contributed by atoms with Crippen LogP contribution < -0.4 is 10.6 Å². The second-order valence-corrected chi connectivity index (χ2v) is 6.08. The molecular weight excluding hydrogens is 335 g/mol. The summed E-state index contributed by atoms with van der Waals surface area (Å²) in [6, 6.07) is -0.634. The second-order valence-electron chi connectivity index (χ2n) is 5.14. The molecule has 0 saturated carbocycles. The molecular formula is C12H18F3N5O2S. The summed E-state index contributed by atoms with van der Waals surface area (Å²) in [5.41, 5.74) is 0. The number of carbonyl (C=O) groups excluding carboxylic acids is 2. The van der Waals surface area contributed by atoms with E-state index < -0.39 is 23.9 Å². The number of halogens is 3. The van der Waals surface area contributed by atoms with Crippen molar-refractivity contribution in [2.45, 2.75) is 31.6 Å². The van der Waals surface area contributed by atoms with Crippen LogP contribution in [0.3, 0.4) is 0 Å². The van der Waals surface area contributed by atoms with Crippen molar-refractivity contribution < 1.29 is 22.8 Å². The Kier molecular flexibility index (Phi) is 6.85. The molecule has 1 aromatic rings. The fourth-order valence-electron chi connectivity index (χ4n) is 1.50. The van der Waals surface area contributed by atoms with Crippen LogP contribution >= 0.6 is 11.8 Å². The molecule has 0 bridgehead atoms. The van der Waals surface area contributed by atoms with E-state index in [1.165, 1.54) is 0 Å². The highest BCUT2D eigenvalue weighted by atomic mass is 32.2. The Morgan fingerprint density at radius 2 is 1.96 bits per heavy atom. The first-order valence-corrected chi connectivity index (χ1v) is 7.77. The number of carbonyl (C=O) groups is 2. The number of aromatic nitrogens is 3. The maximum Gasteiger partial charge on any atom is 0.451 e. The molecule has 0 aliphatic heterocycles. The summed E-state index contributed by atoms with van der Waals surface area (Å²) < 4.78 is 38.4. The van der Waals surface area contributed by atoms with Crippen LogP contribution in [0.15, 0.2) is 5.16 Å². The SMILES string of the molecule is CC(C)CCNC(=O)NC(=O)CSc1nnc(C(F)(F)F)n1C. The molecule has 3 amide bonds. The molecule has 2 N–H and O–H groups in total. The van der Waals surface area contributed by atoms with Crippen LogP contribution in [0, 0.1) is 5.92 Å². The molecule has 1 aromatic heterocycles. The van der Waals surface area contributed by atoms with Crippen molar-refractivity contribution in [2.24, 2.45) is 13.0 Å². The van der Waals surface area contributed by atoms with Crippen molar-refractivity contribution in [3.63, 3.8) is 0 Å². The van der Waals surface area contributed by atoms with Crippen LogP contribution in [-0.2, 0) is 18.0 Å². The topological polar surface area (TPSA) is 88.9 Å². The molecule has 7 nitrogen and oxygen atoms in total. The van der Waals surface area contributed by atoms with Crippen LogP contribution in [0.2, 0.25) is 0 Å². The number of imide groups is 1. The minimum absolute atomic E-state index is 0.0623. The molecule has 130 valence electrons. The Hall–Kier alpha value is -1.78. The fourth-order valence-corrected chi connectivity index (χ4v) is 2.21. The van der Waals surface area contributed by atoms with Crippen LogP contribution in [0.5, 0.6) is 0 Å². The van der Waals surface area contributed by atoms with Crippen molar-refractivity contribution in [1.82, 2.24) is 25.4 Å². The normalized spacial score (nSPS) is 11.6. The Balaban J connectivity index is 2.42. The molecule has 1 heterocycles. The van der Waals surface area contributed by atoms with Crippen LogP contribution in [-0.4, -0.2) is 39.0 Å². The van der Waals surface area contributed by atoms with Gasteiger partial charge in [0.05, 0.1) is 5.75 Å². The summed E-state index contributed by atoms with van der Waals surface area (Å²) in [7, 11) is 1.15. The number of rotatable bonds is 6. The summed E-state index contributed by atoms with van der Waals surface area (Å²) in [6.07, 6.45) is -3.84. The highest BCUT2D eigenvalue weighted by molar-refractivity contribution is 7.99. The first kappa shape index (κ1) is 19.3. The molecule has 11 heteroatoms. The minimum Gasteiger partial charge on any atom is -0.338 e. The van der Waals surface area contributed by atoms with Gasteiger partial charge in [-0.15, -0.1) is 10.2 Å². The lowest BCUT2D eigenvalue weighted by Crippen LogP contribution is -2.40. The highest BCUT2D eigenvalue weighted by Crippen LogP contribution is 2.29. The van der Waals surface area contributed by atoms with Gasteiger partial charge in [-0.2, -0.15) is 13.2 Å². The van der Waals surface area contributed by atoms with Gasteiger partial charge in [-0.3, -0.25) is 10.1 Å². The van der Waals surface area contributed by atoms with E-state index in [0.29, 0.717) is 12.5 Å². The predicted octanol–water partition coefficient (Wildman–Crippen LogP) is 1.80. The molecule has 0 aliphatic rings. The number of hydrogen-bond acceptors (Lipinski definition) is 5. The number of amides is 3. The van der Waals surface area contributed by atoms with E-state index in [0.717, 1.165) is 29.8 Å². The van der Waals surface area contributed by atoms with Gasteiger partial charge >= 0.3 is 12.2 Å². The van der Waals surface area contributed by atoms with Crippen molar-refractivity contribution >= 4 is 23.7 Å². The maximum atomic E-state index is 12.5. The van der Waals surface area contributed by atoms with Gasteiger partial charge in [0.1, 0.15) is 0 Å². The molecule has 0 spiro atoms.